The van der Waals surface area contributed by atoms with E-state index in [9.17, 15) is 0 Å². The molecule has 2 aromatic heterocycles. The van der Waals surface area contributed by atoms with Crippen molar-refractivity contribution < 1.29 is 4.74 Å². The summed E-state index contributed by atoms with van der Waals surface area (Å²) in [5.41, 5.74) is 2.53. The highest BCUT2D eigenvalue weighted by molar-refractivity contribution is 6.28. The van der Waals surface area contributed by atoms with Crippen molar-refractivity contribution in [2.75, 3.05) is 0 Å². The minimum absolute atomic E-state index is 0.164. The Hall–Kier alpha value is -2.14. The first kappa shape index (κ1) is 14.5. The van der Waals surface area contributed by atoms with Gasteiger partial charge in [-0.1, -0.05) is 43.2 Å². The molecular formula is C17H17ClN4O. The molecule has 0 bridgehead atoms. The second-order valence-electron chi connectivity index (χ2n) is 5.83. The van der Waals surface area contributed by atoms with Crippen molar-refractivity contribution in [3.8, 4) is 5.88 Å². The highest BCUT2D eigenvalue weighted by Crippen LogP contribution is 2.34. The van der Waals surface area contributed by atoms with Gasteiger partial charge in [-0.05, 0) is 30.0 Å². The van der Waals surface area contributed by atoms with E-state index in [-0.39, 0.29) is 5.28 Å². The van der Waals surface area contributed by atoms with E-state index in [4.69, 9.17) is 16.3 Å². The largest absolute Gasteiger partial charge is 0.471 e. The van der Waals surface area contributed by atoms with Crippen LogP contribution in [0.5, 0.6) is 5.88 Å². The van der Waals surface area contributed by atoms with Gasteiger partial charge in [0.1, 0.15) is 6.61 Å². The molecule has 0 atom stereocenters. The third kappa shape index (κ3) is 2.88. The van der Waals surface area contributed by atoms with Crippen LogP contribution in [-0.2, 0) is 6.61 Å². The van der Waals surface area contributed by atoms with E-state index in [1.807, 2.05) is 36.7 Å². The van der Waals surface area contributed by atoms with Gasteiger partial charge in [0.2, 0.25) is 11.2 Å². The zero-order chi connectivity index (χ0) is 15.6. The maximum atomic E-state index is 6.02. The quantitative estimate of drug-likeness (QED) is 0.674. The van der Waals surface area contributed by atoms with Crippen molar-refractivity contribution in [3.63, 3.8) is 0 Å². The third-order valence-corrected chi connectivity index (χ3v) is 4.47. The average Bonchev–Trinajstić information content (AvgIpc) is 3.22. The highest BCUT2D eigenvalue weighted by atomic mass is 35.5. The summed E-state index contributed by atoms with van der Waals surface area (Å²) in [6, 6.07) is 10.5. The zero-order valence-electron chi connectivity index (χ0n) is 12.7. The fourth-order valence-corrected chi connectivity index (χ4v) is 3.33. The van der Waals surface area contributed by atoms with Crippen LogP contribution in [0.4, 0.5) is 0 Å². The van der Waals surface area contributed by atoms with Gasteiger partial charge in [0.05, 0.1) is 6.33 Å². The Balaban J connectivity index is 1.70. The third-order valence-electron chi connectivity index (χ3n) is 4.31. The number of benzene rings is 1. The number of fused-ring (bicyclic) bond motifs is 1. The Bertz CT molecular complexity index is 812. The molecule has 5 nitrogen and oxygen atoms in total. The fourth-order valence-electron chi connectivity index (χ4n) is 3.17. The van der Waals surface area contributed by atoms with Gasteiger partial charge in [0.15, 0.2) is 11.2 Å². The molecule has 0 radical (unpaired) electrons. The molecule has 3 aromatic rings. The number of ether oxygens (including phenoxy) is 1. The predicted octanol–water partition coefficient (Wildman–Crippen LogP) is 4.17. The maximum absolute atomic E-state index is 6.02. The first-order chi connectivity index (χ1) is 11.3. The molecule has 118 valence electrons. The van der Waals surface area contributed by atoms with E-state index >= 15 is 0 Å². The van der Waals surface area contributed by atoms with Gasteiger partial charge < -0.3 is 9.30 Å². The zero-order valence-corrected chi connectivity index (χ0v) is 13.4. The second kappa shape index (κ2) is 6.16. The lowest BCUT2D eigenvalue weighted by Gasteiger charge is -2.14. The molecule has 1 saturated carbocycles. The molecule has 1 aromatic carbocycles. The summed E-state index contributed by atoms with van der Waals surface area (Å²) in [5.74, 6) is 0.508. The molecule has 2 heterocycles. The smallest absolute Gasteiger partial charge is 0.245 e. The van der Waals surface area contributed by atoms with Crippen LogP contribution < -0.4 is 4.74 Å². The monoisotopic (exact) mass is 328 g/mol. The van der Waals surface area contributed by atoms with Gasteiger partial charge in [0.25, 0.3) is 0 Å². The summed E-state index contributed by atoms with van der Waals surface area (Å²) in [4.78, 5) is 12.9. The highest BCUT2D eigenvalue weighted by Gasteiger charge is 2.22. The SMILES string of the molecule is Clc1nc(OCc2ccccc2)c2c(ncn2C2CCCC2)n1. The van der Waals surface area contributed by atoms with Gasteiger partial charge in [-0.25, -0.2) is 4.98 Å². The van der Waals surface area contributed by atoms with E-state index in [2.05, 4.69) is 19.5 Å². The minimum atomic E-state index is 0.164. The standard InChI is InChI=1S/C17H17ClN4O/c18-17-20-15-14(22(11-19-15)13-8-4-5-9-13)16(21-17)23-10-12-6-2-1-3-7-12/h1-3,6-7,11,13H,4-5,8-10H2. The van der Waals surface area contributed by atoms with Gasteiger partial charge in [-0.2, -0.15) is 9.97 Å². The molecule has 0 aliphatic heterocycles. The van der Waals surface area contributed by atoms with Gasteiger partial charge in [-0.15, -0.1) is 0 Å². The number of aromatic nitrogens is 4. The summed E-state index contributed by atoms with van der Waals surface area (Å²) >= 11 is 6.02. The summed E-state index contributed by atoms with van der Waals surface area (Å²) in [7, 11) is 0. The van der Waals surface area contributed by atoms with Crippen LogP contribution in [0.25, 0.3) is 11.2 Å². The molecule has 23 heavy (non-hydrogen) atoms. The van der Waals surface area contributed by atoms with Crippen LogP contribution in [-0.4, -0.2) is 19.5 Å². The molecule has 0 saturated heterocycles. The Labute approximate surface area is 139 Å². The molecular weight excluding hydrogens is 312 g/mol. The fraction of sp³-hybridized carbons (Fsp3) is 0.353. The predicted molar refractivity (Wildman–Crippen MR) is 88.6 cm³/mol. The number of hydrogen-bond acceptors (Lipinski definition) is 4. The van der Waals surface area contributed by atoms with Gasteiger partial charge >= 0.3 is 0 Å². The molecule has 4 rings (SSSR count). The van der Waals surface area contributed by atoms with Crippen molar-refractivity contribution >= 4 is 22.8 Å². The first-order valence-electron chi connectivity index (χ1n) is 7.88. The lowest BCUT2D eigenvalue weighted by Crippen LogP contribution is -2.06. The van der Waals surface area contributed by atoms with Crippen LogP contribution in [0, 0.1) is 0 Å². The van der Waals surface area contributed by atoms with Crippen LogP contribution in [0.1, 0.15) is 37.3 Å². The number of halogens is 1. The Morgan fingerprint density at radius 3 is 2.70 bits per heavy atom. The average molecular weight is 329 g/mol. The molecule has 1 aliphatic carbocycles. The number of imidazole rings is 1. The van der Waals surface area contributed by atoms with E-state index in [0.29, 0.717) is 24.2 Å². The van der Waals surface area contributed by atoms with Crippen molar-refractivity contribution in [2.45, 2.75) is 38.3 Å². The number of hydrogen-bond donors (Lipinski definition) is 0. The van der Waals surface area contributed by atoms with Crippen molar-refractivity contribution in [3.05, 3.63) is 47.5 Å². The summed E-state index contributed by atoms with van der Waals surface area (Å²) in [5, 5.41) is 0.164. The van der Waals surface area contributed by atoms with E-state index in [1.165, 1.54) is 12.8 Å². The van der Waals surface area contributed by atoms with E-state index in [1.54, 1.807) is 0 Å². The van der Waals surface area contributed by atoms with E-state index in [0.717, 1.165) is 23.9 Å². The summed E-state index contributed by atoms with van der Waals surface area (Å²) in [6.07, 6.45) is 6.65. The Kier molecular flexibility index (Phi) is 3.87. The summed E-state index contributed by atoms with van der Waals surface area (Å²) in [6.45, 7) is 0.444. The van der Waals surface area contributed by atoms with Gasteiger partial charge in [-0.3, -0.25) is 0 Å². The minimum Gasteiger partial charge on any atom is -0.471 e. The molecule has 1 aliphatic rings. The molecule has 6 heteroatoms. The second-order valence-corrected chi connectivity index (χ2v) is 6.17. The van der Waals surface area contributed by atoms with E-state index < -0.39 is 0 Å². The van der Waals surface area contributed by atoms with Crippen molar-refractivity contribution in [2.24, 2.45) is 0 Å². The lowest BCUT2D eigenvalue weighted by molar-refractivity contribution is 0.295. The van der Waals surface area contributed by atoms with Crippen molar-refractivity contribution in [1.82, 2.24) is 19.5 Å². The van der Waals surface area contributed by atoms with Crippen LogP contribution >= 0.6 is 11.6 Å². The topological polar surface area (TPSA) is 52.8 Å². The van der Waals surface area contributed by atoms with Crippen LogP contribution in [0.15, 0.2) is 36.7 Å². The van der Waals surface area contributed by atoms with Gasteiger partial charge in [0, 0.05) is 6.04 Å². The molecule has 0 unspecified atom stereocenters. The maximum Gasteiger partial charge on any atom is 0.245 e. The molecule has 0 N–H and O–H groups in total. The first-order valence-corrected chi connectivity index (χ1v) is 8.26. The van der Waals surface area contributed by atoms with Crippen LogP contribution in [0.3, 0.4) is 0 Å². The Morgan fingerprint density at radius 1 is 1.13 bits per heavy atom. The normalized spacial score (nSPS) is 15.3. The summed E-state index contributed by atoms with van der Waals surface area (Å²) < 4.78 is 8.10. The molecule has 1 fully saturated rings. The van der Waals surface area contributed by atoms with Crippen LogP contribution in [0.2, 0.25) is 5.28 Å². The molecule has 0 spiro atoms. The van der Waals surface area contributed by atoms with Crippen molar-refractivity contribution in [1.29, 1.82) is 0 Å². The number of rotatable bonds is 4. The lowest BCUT2D eigenvalue weighted by atomic mass is 10.2. The molecule has 0 amide bonds. The Morgan fingerprint density at radius 2 is 1.91 bits per heavy atom. The number of nitrogens with zero attached hydrogens (tertiary/aromatic N) is 4.